The summed E-state index contributed by atoms with van der Waals surface area (Å²) in [5.41, 5.74) is 2.61. The number of nitrogens with one attached hydrogen (secondary N) is 1. The Labute approximate surface area is 129 Å². The zero-order valence-electron chi connectivity index (χ0n) is 13.5. The number of rotatable bonds is 7. The maximum absolute atomic E-state index is 12.4. The topological polar surface area (TPSA) is 82.2 Å². The van der Waals surface area contributed by atoms with E-state index in [1.807, 2.05) is 27.1 Å². The van der Waals surface area contributed by atoms with Gasteiger partial charge >= 0.3 is 0 Å². The smallest absolute Gasteiger partial charge is 0.257 e. The monoisotopic (exact) mass is 306 g/mol. The van der Waals surface area contributed by atoms with Gasteiger partial charge in [0.1, 0.15) is 17.0 Å². The van der Waals surface area contributed by atoms with Crippen LogP contribution >= 0.6 is 0 Å². The van der Waals surface area contributed by atoms with E-state index in [0.717, 1.165) is 17.7 Å². The van der Waals surface area contributed by atoms with Gasteiger partial charge in [0.2, 0.25) is 0 Å². The van der Waals surface area contributed by atoms with E-state index in [-0.39, 0.29) is 5.91 Å². The Bertz CT molecular complexity index is 645. The Hall–Kier alpha value is -2.15. The van der Waals surface area contributed by atoms with Crippen molar-refractivity contribution in [3.05, 3.63) is 23.2 Å². The molecule has 0 aliphatic rings. The molecule has 0 unspecified atom stereocenters. The fourth-order valence-corrected chi connectivity index (χ4v) is 2.26. The van der Waals surface area contributed by atoms with E-state index >= 15 is 0 Å². The van der Waals surface area contributed by atoms with Gasteiger partial charge in [0.25, 0.3) is 5.91 Å². The van der Waals surface area contributed by atoms with Crippen molar-refractivity contribution in [3.8, 4) is 11.3 Å². The molecule has 1 amide bonds. The number of carbonyl (C=O) groups is 1. The molecule has 2 heterocycles. The Kier molecular flexibility index (Phi) is 5.32. The van der Waals surface area contributed by atoms with E-state index in [9.17, 15) is 4.79 Å². The van der Waals surface area contributed by atoms with Crippen LogP contribution in [0.2, 0.25) is 0 Å². The van der Waals surface area contributed by atoms with Crippen molar-refractivity contribution in [2.45, 2.75) is 27.2 Å². The molecule has 0 spiro atoms. The molecule has 0 radical (unpaired) electrons. The third-order valence-corrected chi connectivity index (χ3v) is 3.31. The van der Waals surface area contributed by atoms with Gasteiger partial charge in [-0.3, -0.25) is 9.48 Å². The largest absolute Gasteiger partial charge is 0.382 e. The van der Waals surface area contributed by atoms with Crippen LogP contribution in [0.1, 0.15) is 35.2 Å². The summed E-state index contributed by atoms with van der Waals surface area (Å²) in [5.74, 6) is 0.314. The van der Waals surface area contributed by atoms with Crippen molar-refractivity contribution in [1.82, 2.24) is 20.3 Å². The first-order valence-electron chi connectivity index (χ1n) is 7.37. The van der Waals surface area contributed by atoms with Crippen molar-refractivity contribution in [3.63, 3.8) is 0 Å². The number of amides is 1. The van der Waals surface area contributed by atoms with Gasteiger partial charge in [-0.2, -0.15) is 5.10 Å². The minimum Gasteiger partial charge on any atom is -0.382 e. The van der Waals surface area contributed by atoms with Crippen LogP contribution in [0.25, 0.3) is 11.3 Å². The average molecular weight is 306 g/mol. The summed E-state index contributed by atoms with van der Waals surface area (Å²) in [7, 11) is 1.83. The molecule has 1 N–H and O–H groups in total. The van der Waals surface area contributed by atoms with E-state index in [2.05, 4.69) is 15.6 Å². The molecule has 22 heavy (non-hydrogen) atoms. The van der Waals surface area contributed by atoms with E-state index in [1.165, 1.54) is 0 Å². The van der Waals surface area contributed by atoms with Crippen LogP contribution in [0, 0.1) is 13.8 Å². The van der Waals surface area contributed by atoms with Crippen LogP contribution in [-0.4, -0.2) is 40.6 Å². The molecule has 0 saturated carbocycles. The number of ether oxygens (including phenoxy) is 1. The maximum Gasteiger partial charge on any atom is 0.257 e. The predicted molar refractivity (Wildman–Crippen MR) is 81.6 cm³/mol. The zero-order chi connectivity index (χ0) is 16.1. The minimum absolute atomic E-state index is 0.187. The number of hydrogen-bond donors (Lipinski definition) is 1. The third kappa shape index (κ3) is 3.54. The summed E-state index contributed by atoms with van der Waals surface area (Å²) in [6, 6.07) is 0. The molecule has 0 atom stereocenters. The summed E-state index contributed by atoms with van der Waals surface area (Å²) in [6.45, 7) is 7.42. The van der Waals surface area contributed by atoms with Crippen LogP contribution in [0.4, 0.5) is 0 Å². The molecule has 0 aliphatic carbocycles. The van der Waals surface area contributed by atoms with Crippen LogP contribution in [-0.2, 0) is 11.8 Å². The standard InChI is InChI=1S/C15H22N4O3/c1-5-21-8-6-7-16-15(20)13-11(3)22-18-14(13)12-9-19(4)17-10(12)2/h9H,5-8H2,1-4H3,(H,16,20). The van der Waals surface area contributed by atoms with Crippen LogP contribution in [0.3, 0.4) is 0 Å². The second kappa shape index (κ2) is 7.22. The van der Waals surface area contributed by atoms with E-state index in [0.29, 0.717) is 36.8 Å². The molecule has 2 aromatic rings. The first-order chi connectivity index (χ1) is 10.5. The number of carbonyl (C=O) groups excluding carboxylic acids is 1. The summed E-state index contributed by atoms with van der Waals surface area (Å²) in [4.78, 5) is 12.4. The summed E-state index contributed by atoms with van der Waals surface area (Å²) < 4.78 is 12.1. The average Bonchev–Trinajstić information content (AvgIpc) is 3.00. The second-order valence-electron chi connectivity index (χ2n) is 5.07. The molecule has 2 aromatic heterocycles. The first-order valence-corrected chi connectivity index (χ1v) is 7.37. The van der Waals surface area contributed by atoms with Crippen molar-refractivity contribution in [2.24, 2.45) is 7.05 Å². The van der Waals surface area contributed by atoms with E-state index < -0.39 is 0 Å². The Morgan fingerprint density at radius 2 is 2.23 bits per heavy atom. The second-order valence-corrected chi connectivity index (χ2v) is 5.07. The molecule has 0 aromatic carbocycles. The van der Waals surface area contributed by atoms with E-state index in [1.54, 1.807) is 11.6 Å². The molecule has 2 rings (SSSR count). The van der Waals surface area contributed by atoms with Gasteiger partial charge in [-0.15, -0.1) is 0 Å². The van der Waals surface area contributed by atoms with Crippen molar-refractivity contribution in [2.75, 3.05) is 19.8 Å². The zero-order valence-corrected chi connectivity index (χ0v) is 13.5. The third-order valence-electron chi connectivity index (χ3n) is 3.31. The lowest BCUT2D eigenvalue weighted by molar-refractivity contribution is 0.0943. The molecule has 0 bridgehead atoms. The van der Waals surface area contributed by atoms with Gasteiger partial charge in [-0.1, -0.05) is 5.16 Å². The SMILES string of the molecule is CCOCCCNC(=O)c1c(-c2cn(C)nc2C)noc1C. The highest BCUT2D eigenvalue weighted by molar-refractivity contribution is 6.00. The fourth-order valence-electron chi connectivity index (χ4n) is 2.26. The highest BCUT2D eigenvalue weighted by Crippen LogP contribution is 2.27. The first kappa shape index (κ1) is 16.2. The maximum atomic E-state index is 12.4. The van der Waals surface area contributed by atoms with Gasteiger partial charge in [0.15, 0.2) is 0 Å². The highest BCUT2D eigenvalue weighted by atomic mass is 16.5. The van der Waals surface area contributed by atoms with Gasteiger partial charge in [0.05, 0.1) is 5.69 Å². The molecule has 7 heteroatoms. The van der Waals surface area contributed by atoms with Gasteiger partial charge in [-0.05, 0) is 27.2 Å². The molecule has 0 aliphatic heterocycles. The molecule has 7 nitrogen and oxygen atoms in total. The Morgan fingerprint density at radius 3 is 2.86 bits per heavy atom. The molecule has 120 valence electrons. The lowest BCUT2D eigenvalue weighted by atomic mass is 10.1. The van der Waals surface area contributed by atoms with Crippen LogP contribution in [0.15, 0.2) is 10.7 Å². The number of hydrogen-bond acceptors (Lipinski definition) is 5. The Balaban J connectivity index is 2.12. The quantitative estimate of drug-likeness (QED) is 0.789. The van der Waals surface area contributed by atoms with Gasteiger partial charge in [0, 0.05) is 38.6 Å². The van der Waals surface area contributed by atoms with Crippen molar-refractivity contribution in [1.29, 1.82) is 0 Å². The number of nitrogens with zero attached hydrogens (tertiary/aromatic N) is 3. The number of aromatic nitrogens is 3. The summed E-state index contributed by atoms with van der Waals surface area (Å²) in [5, 5.41) is 11.2. The van der Waals surface area contributed by atoms with Gasteiger partial charge < -0.3 is 14.6 Å². The molecular formula is C15H22N4O3. The van der Waals surface area contributed by atoms with Crippen LogP contribution in [0.5, 0.6) is 0 Å². The van der Waals surface area contributed by atoms with Gasteiger partial charge in [-0.25, -0.2) is 0 Å². The van der Waals surface area contributed by atoms with Crippen LogP contribution < -0.4 is 5.32 Å². The highest BCUT2D eigenvalue weighted by Gasteiger charge is 2.23. The lowest BCUT2D eigenvalue weighted by Crippen LogP contribution is -2.26. The minimum atomic E-state index is -0.187. The van der Waals surface area contributed by atoms with Crippen molar-refractivity contribution < 1.29 is 14.1 Å². The molecule has 0 fully saturated rings. The Morgan fingerprint density at radius 1 is 1.45 bits per heavy atom. The fraction of sp³-hybridized carbons (Fsp3) is 0.533. The predicted octanol–water partition coefficient (Wildman–Crippen LogP) is 1.85. The summed E-state index contributed by atoms with van der Waals surface area (Å²) in [6.07, 6.45) is 2.60. The summed E-state index contributed by atoms with van der Waals surface area (Å²) >= 11 is 0. The molecule has 0 saturated heterocycles. The number of aryl methyl sites for hydroxylation is 3. The van der Waals surface area contributed by atoms with Crippen molar-refractivity contribution >= 4 is 5.91 Å². The molecular weight excluding hydrogens is 284 g/mol. The van der Waals surface area contributed by atoms with E-state index in [4.69, 9.17) is 9.26 Å². The normalized spacial score (nSPS) is 10.9. The lowest BCUT2D eigenvalue weighted by Gasteiger charge is -2.05.